The second-order valence-corrected chi connectivity index (χ2v) is 6.16. The standard InChI is InChI=1S/C14H14Br2ClNO2/c1-2-5-19-13-4-3-9(6-12(13)17)18-8-10-7-11(15)14(16)20-10/h3-4,6-7,18H,2,5,8H2,1H3. The molecule has 1 aromatic carbocycles. The number of hydrogen-bond donors (Lipinski definition) is 1. The van der Waals surface area contributed by atoms with E-state index in [0.29, 0.717) is 28.6 Å². The van der Waals surface area contributed by atoms with Crippen molar-refractivity contribution in [3.8, 4) is 5.75 Å². The smallest absolute Gasteiger partial charge is 0.183 e. The highest BCUT2D eigenvalue weighted by Crippen LogP contribution is 2.29. The normalized spacial score (nSPS) is 10.6. The molecule has 1 aromatic heterocycles. The fraction of sp³-hybridized carbons (Fsp3) is 0.286. The van der Waals surface area contributed by atoms with Crippen LogP contribution in [0.3, 0.4) is 0 Å². The number of anilines is 1. The summed E-state index contributed by atoms with van der Waals surface area (Å²) in [4.78, 5) is 0. The van der Waals surface area contributed by atoms with Gasteiger partial charge in [0, 0.05) is 5.69 Å². The molecule has 0 spiro atoms. The maximum Gasteiger partial charge on any atom is 0.183 e. The molecule has 0 aliphatic carbocycles. The molecule has 0 saturated heterocycles. The summed E-state index contributed by atoms with van der Waals surface area (Å²) in [7, 11) is 0. The molecule has 2 rings (SSSR count). The third-order valence-corrected chi connectivity index (χ3v) is 4.56. The molecule has 108 valence electrons. The first-order chi connectivity index (χ1) is 9.60. The van der Waals surface area contributed by atoms with Gasteiger partial charge in [-0.3, -0.25) is 0 Å². The summed E-state index contributed by atoms with van der Waals surface area (Å²) in [5, 5.41) is 3.85. The molecule has 1 heterocycles. The Hall–Kier alpha value is -0.650. The number of rotatable bonds is 6. The molecule has 0 bridgehead atoms. The average molecular weight is 424 g/mol. The first-order valence-electron chi connectivity index (χ1n) is 6.20. The van der Waals surface area contributed by atoms with Crippen molar-refractivity contribution in [2.24, 2.45) is 0 Å². The molecule has 0 radical (unpaired) electrons. The van der Waals surface area contributed by atoms with Gasteiger partial charge in [0.1, 0.15) is 11.5 Å². The lowest BCUT2D eigenvalue weighted by atomic mass is 10.3. The van der Waals surface area contributed by atoms with Crippen molar-refractivity contribution >= 4 is 49.1 Å². The van der Waals surface area contributed by atoms with E-state index in [1.54, 1.807) is 0 Å². The molecule has 0 unspecified atom stereocenters. The Labute approximate surface area is 139 Å². The molecule has 0 aliphatic rings. The number of benzene rings is 1. The van der Waals surface area contributed by atoms with Gasteiger partial charge in [0.15, 0.2) is 4.67 Å². The molecule has 0 saturated carbocycles. The van der Waals surface area contributed by atoms with E-state index < -0.39 is 0 Å². The predicted octanol–water partition coefficient (Wildman–Crippen LogP) is 5.86. The molecular weight excluding hydrogens is 409 g/mol. The summed E-state index contributed by atoms with van der Waals surface area (Å²) < 4.78 is 12.6. The fourth-order valence-corrected chi connectivity index (χ4v) is 2.50. The SMILES string of the molecule is CCCOc1ccc(NCc2cc(Br)c(Br)o2)cc1Cl. The van der Waals surface area contributed by atoms with Crippen LogP contribution in [0.2, 0.25) is 5.02 Å². The van der Waals surface area contributed by atoms with Gasteiger partial charge in [-0.1, -0.05) is 18.5 Å². The number of furan rings is 1. The van der Waals surface area contributed by atoms with Gasteiger partial charge < -0.3 is 14.5 Å². The highest BCUT2D eigenvalue weighted by atomic mass is 79.9. The van der Waals surface area contributed by atoms with Crippen LogP contribution < -0.4 is 10.1 Å². The molecule has 0 aliphatic heterocycles. The van der Waals surface area contributed by atoms with Gasteiger partial charge in [-0.25, -0.2) is 0 Å². The lowest BCUT2D eigenvalue weighted by Crippen LogP contribution is -1.99. The number of nitrogens with one attached hydrogen (secondary N) is 1. The lowest BCUT2D eigenvalue weighted by Gasteiger charge is -2.09. The van der Waals surface area contributed by atoms with Crippen LogP contribution in [0.1, 0.15) is 19.1 Å². The van der Waals surface area contributed by atoms with Gasteiger partial charge in [-0.15, -0.1) is 0 Å². The van der Waals surface area contributed by atoms with Crippen molar-refractivity contribution in [2.45, 2.75) is 19.9 Å². The van der Waals surface area contributed by atoms with Gasteiger partial charge in [0.05, 0.1) is 22.6 Å². The van der Waals surface area contributed by atoms with Gasteiger partial charge in [-0.05, 0) is 62.5 Å². The Bertz CT molecular complexity index is 567. The first-order valence-corrected chi connectivity index (χ1v) is 8.16. The molecule has 20 heavy (non-hydrogen) atoms. The van der Waals surface area contributed by atoms with Crippen molar-refractivity contribution in [2.75, 3.05) is 11.9 Å². The number of hydrogen-bond acceptors (Lipinski definition) is 3. The zero-order chi connectivity index (χ0) is 14.5. The molecule has 0 atom stereocenters. The first kappa shape index (κ1) is 15.7. The molecule has 0 fully saturated rings. The van der Waals surface area contributed by atoms with E-state index in [-0.39, 0.29) is 0 Å². The van der Waals surface area contributed by atoms with Crippen molar-refractivity contribution in [3.05, 3.63) is 44.2 Å². The highest BCUT2D eigenvalue weighted by molar-refractivity contribution is 9.13. The minimum absolute atomic E-state index is 0.579. The van der Waals surface area contributed by atoms with Gasteiger partial charge in [-0.2, -0.15) is 0 Å². The summed E-state index contributed by atoms with van der Waals surface area (Å²) in [6, 6.07) is 7.56. The maximum absolute atomic E-state index is 6.17. The van der Waals surface area contributed by atoms with Crippen molar-refractivity contribution < 1.29 is 9.15 Å². The zero-order valence-electron chi connectivity index (χ0n) is 10.9. The minimum Gasteiger partial charge on any atom is -0.492 e. The Kier molecular flexibility index (Phi) is 5.81. The van der Waals surface area contributed by atoms with Gasteiger partial charge in [0.2, 0.25) is 0 Å². The van der Waals surface area contributed by atoms with Crippen LogP contribution in [0, 0.1) is 0 Å². The molecule has 6 heteroatoms. The van der Waals surface area contributed by atoms with Crippen LogP contribution in [-0.2, 0) is 6.54 Å². The third kappa shape index (κ3) is 4.17. The summed E-state index contributed by atoms with van der Waals surface area (Å²) in [5.41, 5.74) is 0.919. The van der Waals surface area contributed by atoms with Crippen LogP contribution in [-0.4, -0.2) is 6.61 Å². The lowest BCUT2D eigenvalue weighted by molar-refractivity contribution is 0.317. The van der Waals surface area contributed by atoms with Crippen LogP contribution >= 0.6 is 43.5 Å². The average Bonchev–Trinajstić information content (AvgIpc) is 2.74. The van der Waals surface area contributed by atoms with Crippen LogP contribution in [0.15, 0.2) is 37.8 Å². The minimum atomic E-state index is 0.579. The monoisotopic (exact) mass is 421 g/mol. The zero-order valence-corrected chi connectivity index (χ0v) is 14.8. The van der Waals surface area contributed by atoms with E-state index in [1.807, 2.05) is 24.3 Å². The summed E-state index contributed by atoms with van der Waals surface area (Å²) >= 11 is 12.9. The predicted molar refractivity (Wildman–Crippen MR) is 88.7 cm³/mol. The summed E-state index contributed by atoms with van der Waals surface area (Å²) in [6.07, 6.45) is 0.957. The molecule has 3 nitrogen and oxygen atoms in total. The third-order valence-electron chi connectivity index (χ3n) is 2.56. The Morgan fingerprint density at radius 3 is 2.70 bits per heavy atom. The van der Waals surface area contributed by atoms with Crippen molar-refractivity contribution in [3.63, 3.8) is 0 Å². The van der Waals surface area contributed by atoms with Crippen LogP contribution in [0.25, 0.3) is 0 Å². The topological polar surface area (TPSA) is 34.4 Å². The second-order valence-electron chi connectivity index (χ2n) is 4.18. The van der Waals surface area contributed by atoms with Crippen molar-refractivity contribution in [1.82, 2.24) is 0 Å². The van der Waals surface area contributed by atoms with E-state index >= 15 is 0 Å². The highest BCUT2D eigenvalue weighted by Gasteiger charge is 2.07. The van der Waals surface area contributed by atoms with Gasteiger partial charge >= 0.3 is 0 Å². The van der Waals surface area contributed by atoms with Gasteiger partial charge in [0.25, 0.3) is 0 Å². The molecule has 0 amide bonds. The fourth-order valence-electron chi connectivity index (χ4n) is 1.61. The van der Waals surface area contributed by atoms with E-state index in [1.165, 1.54) is 0 Å². The van der Waals surface area contributed by atoms with Crippen LogP contribution in [0.5, 0.6) is 5.75 Å². The quantitative estimate of drug-likeness (QED) is 0.632. The maximum atomic E-state index is 6.17. The molecule has 2 aromatic rings. The second kappa shape index (κ2) is 7.38. The Balaban J connectivity index is 1.98. The van der Waals surface area contributed by atoms with E-state index in [2.05, 4.69) is 44.1 Å². The van der Waals surface area contributed by atoms with Crippen LogP contribution in [0.4, 0.5) is 5.69 Å². The summed E-state index contributed by atoms with van der Waals surface area (Å²) in [6.45, 7) is 3.31. The Morgan fingerprint density at radius 2 is 2.10 bits per heavy atom. The summed E-state index contributed by atoms with van der Waals surface area (Å²) in [5.74, 6) is 1.54. The Morgan fingerprint density at radius 1 is 1.30 bits per heavy atom. The largest absolute Gasteiger partial charge is 0.492 e. The molecular formula is C14H14Br2ClNO2. The number of ether oxygens (including phenoxy) is 1. The van der Waals surface area contributed by atoms with E-state index in [0.717, 1.165) is 22.3 Å². The molecule has 1 N–H and O–H groups in total. The van der Waals surface area contributed by atoms with E-state index in [4.69, 9.17) is 20.8 Å². The number of halogens is 3. The van der Waals surface area contributed by atoms with Crippen molar-refractivity contribution in [1.29, 1.82) is 0 Å². The van der Waals surface area contributed by atoms with E-state index in [9.17, 15) is 0 Å².